The maximum Gasteiger partial charge on any atom is 0.178 e. The number of para-hydroxylation sites is 2. The van der Waals surface area contributed by atoms with Gasteiger partial charge in [-0.05, 0) is 25.1 Å². The third-order valence-corrected chi connectivity index (χ3v) is 6.07. The van der Waals surface area contributed by atoms with Crippen molar-refractivity contribution in [1.82, 2.24) is 15.3 Å². The van der Waals surface area contributed by atoms with Crippen molar-refractivity contribution in [2.75, 3.05) is 32.2 Å². The van der Waals surface area contributed by atoms with Gasteiger partial charge in [0.1, 0.15) is 34.6 Å². The number of hydrogen-bond donors (Lipinski definition) is 3. The van der Waals surface area contributed by atoms with E-state index < -0.39 is 11.5 Å². The number of aromatic amines is 1. The summed E-state index contributed by atoms with van der Waals surface area (Å²) in [6, 6.07) is 13.1. The second-order valence-electron chi connectivity index (χ2n) is 7.69. The van der Waals surface area contributed by atoms with Crippen molar-refractivity contribution in [2.24, 2.45) is 0 Å². The Kier molecular flexibility index (Phi) is 4.25. The SMILES string of the molecule is COc1cc(OC)cc(N2C(=N)C(c3nc4ccccc4[nH]3)C(=O)C23CCNC3)c1. The number of fused-ring (bicyclic) bond motifs is 1. The van der Waals surface area contributed by atoms with E-state index in [0.29, 0.717) is 42.5 Å². The van der Waals surface area contributed by atoms with E-state index in [-0.39, 0.29) is 11.6 Å². The number of methoxy groups -OCH3 is 2. The number of anilines is 1. The van der Waals surface area contributed by atoms with Crippen LogP contribution in [0.2, 0.25) is 0 Å². The second-order valence-corrected chi connectivity index (χ2v) is 7.69. The van der Waals surface area contributed by atoms with Crippen LogP contribution in [0.4, 0.5) is 5.69 Å². The zero-order chi connectivity index (χ0) is 20.9. The van der Waals surface area contributed by atoms with Crippen LogP contribution in [0.3, 0.4) is 0 Å². The summed E-state index contributed by atoms with van der Waals surface area (Å²) in [7, 11) is 3.17. The number of hydrogen-bond acceptors (Lipinski definition) is 6. The van der Waals surface area contributed by atoms with Crippen LogP contribution in [0, 0.1) is 5.41 Å². The fourth-order valence-corrected chi connectivity index (χ4v) is 4.61. The number of imidazole rings is 1. The average Bonchev–Trinajstić information content (AvgIpc) is 3.45. The molecule has 0 aliphatic carbocycles. The first-order valence-electron chi connectivity index (χ1n) is 9.89. The maximum absolute atomic E-state index is 13.8. The quantitative estimate of drug-likeness (QED) is 0.616. The van der Waals surface area contributed by atoms with Gasteiger partial charge in [0.25, 0.3) is 0 Å². The number of amidine groups is 1. The second kappa shape index (κ2) is 6.84. The molecule has 2 aliphatic rings. The Morgan fingerprint density at radius 1 is 1.17 bits per heavy atom. The number of rotatable bonds is 4. The van der Waals surface area contributed by atoms with Crippen molar-refractivity contribution in [3.63, 3.8) is 0 Å². The van der Waals surface area contributed by atoms with Crippen LogP contribution in [0.1, 0.15) is 18.2 Å². The maximum atomic E-state index is 13.8. The predicted molar refractivity (Wildman–Crippen MR) is 114 cm³/mol. The minimum atomic E-state index is -0.835. The molecule has 2 saturated heterocycles. The van der Waals surface area contributed by atoms with E-state index in [1.165, 1.54) is 0 Å². The fourth-order valence-electron chi connectivity index (χ4n) is 4.61. The minimum absolute atomic E-state index is 0.0154. The molecule has 2 aliphatic heterocycles. The molecule has 1 aromatic heterocycles. The third kappa shape index (κ3) is 2.60. The molecule has 0 saturated carbocycles. The molecule has 30 heavy (non-hydrogen) atoms. The van der Waals surface area contributed by atoms with Gasteiger partial charge in [0.15, 0.2) is 5.78 Å². The number of ether oxygens (including phenoxy) is 2. The van der Waals surface area contributed by atoms with Gasteiger partial charge in [-0.25, -0.2) is 4.98 Å². The van der Waals surface area contributed by atoms with Crippen molar-refractivity contribution in [1.29, 1.82) is 5.41 Å². The number of carbonyl (C=O) groups is 1. The summed E-state index contributed by atoms with van der Waals surface area (Å²) in [5.74, 6) is 1.16. The Balaban J connectivity index is 1.65. The fraction of sp³-hybridized carbons (Fsp3) is 0.318. The van der Waals surface area contributed by atoms with E-state index in [0.717, 1.165) is 11.0 Å². The standard InChI is InChI=1S/C22H23N5O3/c1-29-14-9-13(10-15(11-14)30-2)27-20(23)18(19(28)22(27)7-8-24-12-22)21-25-16-5-3-4-6-17(16)26-21/h3-6,9-11,18,23-24H,7-8,12H2,1-2H3,(H,25,26). The zero-order valence-corrected chi connectivity index (χ0v) is 16.9. The van der Waals surface area contributed by atoms with Crippen LogP contribution in [0.25, 0.3) is 11.0 Å². The summed E-state index contributed by atoms with van der Waals surface area (Å²) >= 11 is 0. The highest BCUT2D eigenvalue weighted by atomic mass is 16.5. The molecule has 154 valence electrons. The lowest BCUT2D eigenvalue weighted by molar-refractivity contribution is -0.122. The molecule has 8 heteroatoms. The molecular weight excluding hydrogens is 382 g/mol. The molecule has 2 unspecified atom stereocenters. The Bertz CT molecular complexity index is 1090. The van der Waals surface area contributed by atoms with Crippen LogP contribution in [-0.2, 0) is 4.79 Å². The lowest BCUT2D eigenvalue weighted by Gasteiger charge is -2.34. The zero-order valence-electron chi connectivity index (χ0n) is 16.9. The number of H-pyrrole nitrogens is 1. The smallest absolute Gasteiger partial charge is 0.178 e. The van der Waals surface area contributed by atoms with Crippen molar-refractivity contribution < 1.29 is 14.3 Å². The van der Waals surface area contributed by atoms with Gasteiger partial charge in [-0.3, -0.25) is 10.2 Å². The van der Waals surface area contributed by atoms with E-state index in [1.807, 2.05) is 41.3 Å². The lowest BCUT2D eigenvalue weighted by atomic mass is 9.89. The van der Waals surface area contributed by atoms with Crippen LogP contribution >= 0.6 is 0 Å². The Morgan fingerprint density at radius 2 is 1.90 bits per heavy atom. The van der Waals surface area contributed by atoms with Gasteiger partial charge in [-0.15, -0.1) is 0 Å². The molecule has 2 fully saturated rings. The molecule has 0 radical (unpaired) electrons. The Morgan fingerprint density at radius 3 is 2.53 bits per heavy atom. The Hall–Kier alpha value is -3.39. The van der Waals surface area contributed by atoms with Crippen molar-refractivity contribution in [2.45, 2.75) is 17.9 Å². The van der Waals surface area contributed by atoms with E-state index in [1.54, 1.807) is 20.3 Å². The first kappa shape index (κ1) is 18.6. The molecule has 2 aromatic carbocycles. The molecule has 3 heterocycles. The van der Waals surface area contributed by atoms with Gasteiger partial charge < -0.3 is 24.7 Å². The third-order valence-electron chi connectivity index (χ3n) is 6.07. The van der Waals surface area contributed by atoms with Gasteiger partial charge in [-0.2, -0.15) is 0 Å². The number of Topliss-reactive ketones (excluding diaryl/α,β-unsaturated/α-hetero) is 1. The van der Waals surface area contributed by atoms with Crippen molar-refractivity contribution in [3.05, 3.63) is 48.3 Å². The number of nitrogens with one attached hydrogen (secondary N) is 3. The highest BCUT2D eigenvalue weighted by Crippen LogP contribution is 2.44. The molecule has 1 spiro atoms. The van der Waals surface area contributed by atoms with E-state index in [4.69, 9.17) is 14.9 Å². The summed E-state index contributed by atoms with van der Waals surface area (Å²) in [5, 5.41) is 12.3. The molecule has 2 atom stereocenters. The first-order valence-corrected chi connectivity index (χ1v) is 9.89. The van der Waals surface area contributed by atoms with Crippen molar-refractivity contribution in [3.8, 4) is 11.5 Å². The summed E-state index contributed by atoms with van der Waals surface area (Å²) < 4.78 is 10.9. The number of nitrogens with zero attached hydrogens (tertiary/aromatic N) is 2. The van der Waals surface area contributed by atoms with Gasteiger partial charge in [0.05, 0.1) is 30.9 Å². The van der Waals surface area contributed by atoms with Crippen LogP contribution in [-0.4, -0.2) is 54.4 Å². The molecule has 0 bridgehead atoms. The molecule has 3 N–H and O–H groups in total. The summed E-state index contributed by atoms with van der Waals surface area (Å²) in [6.07, 6.45) is 0.616. The molecule has 0 amide bonds. The monoisotopic (exact) mass is 405 g/mol. The summed E-state index contributed by atoms with van der Waals surface area (Å²) in [5.41, 5.74) is 1.51. The number of aromatic nitrogens is 2. The molecular formula is C22H23N5O3. The number of ketones is 1. The lowest BCUT2D eigenvalue weighted by Crippen LogP contribution is -2.51. The molecule has 3 aromatic rings. The number of carbonyl (C=O) groups excluding carboxylic acids is 1. The summed E-state index contributed by atoms with van der Waals surface area (Å²) in [4.78, 5) is 23.5. The van der Waals surface area contributed by atoms with Gasteiger partial charge in [0, 0.05) is 24.7 Å². The first-order chi connectivity index (χ1) is 14.6. The normalized spacial score (nSPS) is 23.7. The highest BCUT2D eigenvalue weighted by molar-refractivity contribution is 6.26. The molecule has 8 nitrogen and oxygen atoms in total. The van der Waals surface area contributed by atoms with Gasteiger partial charge >= 0.3 is 0 Å². The van der Waals surface area contributed by atoms with Gasteiger partial charge in [0.2, 0.25) is 0 Å². The number of benzene rings is 2. The van der Waals surface area contributed by atoms with Crippen LogP contribution in [0.5, 0.6) is 11.5 Å². The molecule has 5 rings (SSSR count). The predicted octanol–water partition coefficient (Wildman–Crippen LogP) is 2.46. The highest BCUT2D eigenvalue weighted by Gasteiger charge is 2.59. The van der Waals surface area contributed by atoms with Crippen LogP contribution in [0.15, 0.2) is 42.5 Å². The van der Waals surface area contributed by atoms with Gasteiger partial charge in [-0.1, -0.05) is 12.1 Å². The van der Waals surface area contributed by atoms with E-state index >= 15 is 0 Å². The summed E-state index contributed by atoms with van der Waals surface area (Å²) in [6.45, 7) is 1.19. The van der Waals surface area contributed by atoms with E-state index in [9.17, 15) is 4.79 Å². The Labute approximate surface area is 173 Å². The average molecular weight is 405 g/mol. The van der Waals surface area contributed by atoms with Crippen LogP contribution < -0.4 is 19.7 Å². The van der Waals surface area contributed by atoms with Crippen molar-refractivity contribution >= 4 is 28.3 Å². The minimum Gasteiger partial charge on any atom is -0.497 e. The van der Waals surface area contributed by atoms with E-state index in [2.05, 4.69) is 15.3 Å². The topological polar surface area (TPSA) is 103 Å². The largest absolute Gasteiger partial charge is 0.497 e.